The summed E-state index contributed by atoms with van der Waals surface area (Å²) in [5.41, 5.74) is 5.76. The van der Waals surface area contributed by atoms with E-state index in [1.165, 1.54) is 0 Å². The minimum Gasteiger partial charge on any atom is -0.496 e. The first-order valence-electron chi connectivity index (χ1n) is 7.37. The van der Waals surface area contributed by atoms with Crippen LogP contribution in [0, 0.1) is 5.92 Å². The van der Waals surface area contributed by atoms with Gasteiger partial charge < -0.3 is 25.3 Å². The van der Waals surface area contributed by atoms with E-state index in [1.807, 2.05) is 13.8 Å². The topological polar surface area (TPSA) is 82.8 Å². The van der Waals surface area contributed by atoms with Crippen LogP contribution in [0.3, 0.4) is 0 Å². The average molecular weight is 347 g/mol. The molecule has 23 heavy (non-hydrogen) atoms. The number of ether oxygens (including phenoxy) is 3. The predicted molar refractivity (Wildman–Crippen MR) is 92.7 cm³/mol. The third-order valence-electron chi connectivity index (χ3n) is 3.24. The van der Waals surface area contributed by atoms with Crippen LogP contribution in [0.5, 0.6) is 17.2 Å². The molecule has 0 aliphatic heterocycles. The fourth-order valence-corrected chi connectivity index (χ4v) is 1.76. The Bertz CT molecular complexity index is 461. The molecule has 1 atom stereocenters. The highest BCUT2D eigenvalue weighted by atomic mass is 35.5. The summed E-state index contributed by atoms with van der Waals surface area (Å²) in [4.78, 5) is 11.7. The Kier molecular flexibility index (Phi) is 10.2. The number of amides is 1. The summed E-state index contributed by atoms with van der Waals surface area (Å²) in [6.07, 6.45) is 0.691. The van der Waals surface area contributed by atoms with Crippen LogP contribution in [0.2, 0.25) is 0 Å². The number of carbonyl (C=O) groups is 1. The zero-order valence-corrected chi connectivity index (χ0v) is 14.9. The highest BCUT2D eigenvalue weighted by Crippen LogP contribution is 2.27. The van der Waals surface area contributed by atoms with Gasteiger partial charge in [0.15, 0.2) is 0 Å². The Hall–Kier alpha value is -1.66. The second-order valence-corrected chi connectivity index (χ2v) is 5.31. The van der Waals surface area contributed by atoms with E-state index in [0.717, 1.165) is 0 Å². The molecule has 0 bridgehead atoms. The second-order valence-electron chi connectivity index (χ2n) is 5.31. The van der Waals surface area contributed by atoms with Crippen molar-refractivity contribution >= 4 is 18.3 Å². The Labute approximate surface area is 144 Å². The van der Waals surface area contributed by atoms with Crippen LogP contribution in [-0.2, 0) is 4.79 Å². The SMILES string of the molecule is COc1cc(OC)cc(OCCCNC(=O)[C@@H](N)C(C)C)c1.Cl. The number of halogens is 1. The van der Waals surface area contributed by atoms with Gasteiger partial charge in [-0.05, 0) is 12.3 Å². The van der Waals surface area contributed by atoms with Crippen molar-refractivity contribution in [1.82, 2.24) is 5.32 Å². The van der Waals surface area contributed by atoms with Crippen LogP contribution in [0.25, 0.3) is 0 Å². The lowest BCUT2D eigenvalue weighted by molar-refractivity contribution is -0.123. The molecule has 1 amide bonds. The van der Waals surface area contributed by atoms with Crippen LogP contribution in [0.1, 0.15) is 20.3 Å². The Morgan fingerprint density at radius 3 is 2.13 bits per heavy atom. The van der Waals surface area contributed by atoms with Gasteiger partial charge in [0.25, 0.3) is 0 Å². The maximum absolute atomic E-state index is 11.7. The molecular weight excluding hydrogens is 320 g/mol. The van der Waals surface area contributed by atoms with Gasteiger partial charge in [-0.15, -0.1) is 12.4 Å². The van der Waals surface area contributed by atoms with Crippen molar-refractivity contribution in [2.24, 2.45) is 11.7 Å². The summed E-state index contributed by atoms with van der Waals surface area (Å²) in [5, 5.41) is 2.80. The molecule has 0 unspecified atom stereocenters. The van der Waals surface area contributed by atoms with Crippen molar-refractivity contribution in [2.45, 2.75) is 26.3 Å². The van der Waals surface area contributed by atoms with E-state index in [-0.39, 0.29) is 24.2 Å². The van der Waals surface area contributed by atoms with E-state index in [4.69, 9.17) is 19.9 Å². The molecule has 0 radical (unpaired) electrons. The van der Waals surface area contributed by atoms with E-state index < -0.39 is 6.04 Å². The van der Waals surface area contributed by atoms with E-state index in [1.54, 1.807) is 32.4 Å². The quantitative estimate of drug-likeness (QED) is 0.668. The summed E-state index contributed by atoms with van der Waals surface area (Å²) < 4.78 is 16.0. The second kappa shape index (κ2) is 11.0. The fourth-order valence-electron chi connectivity index (χ4n) is 1.76. The summed E-state index contributed by atoms with van der Waals surface area (Å²) in [6, 6.07) is 4.88. The Morgan fingerprint density at radius 2 is 1.65 bits per heavy atom. The summed E-state index contributed by atoms with van der Waals surface area (Å²) in [6.45, 7) is 4.85. The van der Waals surface area contributed by atoms with Gasteiger partial charge >= 0.3 is 0 Å². The molecule has 0 spiro atoms. The van der Waals surface area contributed by atoms with Crippen LogP contribution < -0.4 is 25.3 Å². The first-order chi connectivity index (χ1) is 10.5. The van der Waals surface area contributed by atoms with Gasteiger partial charge in [-0.2, -0.15) is 0 Å². The van der Waals surface area contributed by atoms with Crippen molar-refractivity contribution in [1.29, 1.82) is 0 Å². The average Bonchev–Trinajstić information content (AvgIpc) is 2.52. The number of hydrogen-bond donors (Lipinski definition) is 2. The monoisotopic (exact) mass is 346 g/mol. The molecule has 0 heterocycles. The molecule has 0 saturated heterocycles. The third kappa shape index (κ3) is 7.43. The van der Waals surface area contributed by atoms with Crippen LogP contribution in [0.4, 0.5) is 0 Å². The molecule has 1 aromatic rings. The molecule has 6 nitrogen and oxygen atoms in total. The maximum Gasteiger partial charge on any atom is 0.237 e. The molecule has 0 saturated carbocycles. The molecule has 7 heteroatoms. The molecule has 0 aliphatic rings. The largest absolute Gasteiger partial charge is 0.496 e. The Morgan fingerprint density at radius 1 is 1.13 bits per heavy atom. The number of hydrogen-bond acceptors (Lipinski definition) is 5. The molecule has 0 aromatic heterocycles. The van der Waals surface area contributed by atoms with Gasteiger partial charge in [0.1, 0.15) is 17.2 Å². The first-order valence-corrected chi connectivity index (χ1v) is 7.37. The summed E-state index contributed by atoms with van der Waals surface area (Å²) >= 11 is 0. The van der Waals surface area contributed by atoms with Crippen molar-refractivity contribution in [3.63, 3.8) is 0 Å². The normalized spacial score (nSPS) is 11.4. The van der Waals surface area contributed by atoms with Crippen LogP contribution in [-0.4, -0.2) is 39.3 Å². The third-order valence-corrected chi connectivity index (χ3v) is 3.24. The fraction of sp³-hybridized carbons (Fsp3) is 0.562. The minimum absolute atomic E-state index is 0. The zero-order valence-electron chi connectivity index (χ0n) is 14.1. The lowest BCUT2D eigenvalue weighted by atomic mass is 10.1. The number of nitrogens with two attached hydrogens (primary N) is 1. The first kappa shape index (κ1) is 21.3. The number of carbonyl (C=O) groups excluding carboxylic acids is 1. The minimum atomic E-state index is -0.469. The van der Waals surface area contributed by atoms with Gasteiger partial charge in [-0.3, -0.25) is 4.79 Å². The number of benzene rings is 1. The molecular formula is C16H27ClN2O4. The number of nitrogens with one attached hydrogen (secondary N) is 1. The smallest absolute Gasteiger partial charge is 0.237 e. The standard InChI is InChI=1S/C16H26N2O4.ClH/c1-11(2)15(17)16(19)18-6-5-7-22-14-9-12(20-3)8-13(10-14)21-4;/h8-11,15H,5-7,17H2,1-4H3,(H,18,19);1H/t15-;/m0./s1. The molecule has 1 rings (SSSR count). The van der Waals surface area contributed by atoms with Gasteiger partial charge in [0.2, 0.25) is 5.91 Å². The predicted octanol–water partition coefficient (Wildman–Crippen LogP) is 1.99. The van der Waals surface area contributed by atoms with Crippen molar-refractivity contribution in [2.75, 3.05) is 27.4 Å². The van der Waals surface area contributed by atoms with Gasteiger partial charge in [0.05, 0.1) is 26.9 Å². The molecule has 1 aromatic carbocycles. The van der Waals surface area contributed by atoms with Gasteiger partial charge in [-0.1, -0.05) is 13.8 Å². The van der Waals surface area contributed by atoms with E-state index in [2.05, 4.69) is 5.32 Å². The van der Waals surface area contributed by atoms with E-state index in [0.29, 0.717) is 36.8 Å². The van der Waals surface area contributed by atoms with E-state index in [9.17, 15) is 4.79 Å². The number of rotatable bonds is 9. The Balaban J connectivity index is 0.00000484. The molecule has 132 valence electrons. The highest BCUT2D eigenvalue weighted by Gasteiger charge is 2.16. The van der Waals surface area contributed by atoms with Crippen LogP contribution in [0.15, 0.2) is 18.2 Å². The van der Waals surface area contributed by atoms with Gasteiger partial charge in [0, 0.05) is 24.7 Å². The van der Waals surface area contributed by atoms with Gasteiger partial charge in [-0.25, -0.2) is 0 Å². The van der Waals surface area contributed by atoms with E-state index >= 15 is 0 Å². The molecule has 0 fully saturated rings. The molecule has 3 N–H and O–H groups in total. The highest BCUT2D eigenvalue weighted by molar-refractivity contribution is 5.85. The lowest BCUT2D eigenvalue weighted by Gasteiger charge is -2.15. The summed E-state index contributed by atoms with van der Waals surface area (Å²) in [5.74, 6) is 2.01. The molecule has 0 aliphatic carbocycles. The zero-order chi connectivity index (χ0) is 16.5. The number of methoxy groups -OCH3 is 2. The van der Waals surface area contributed by atoms with Crippen molar-refractivity contribution < 1.29 is 19.0 Å². The summed E-state index contributed by atoms with van der Waals surface area (Å²) in [7, 11) is 3.18. The van der Waals surface area contributed by atoms with Crippen molar-refractivity contribution in [3.8, 4) is 17.2 Å². The van der Waals surface area contributed by atoms with Crippen LogP contribution >= 0.6 is 12.4 Å². The lowest BCUT2D eigenvalue weighted by Crippen LogP contribution is -2.44. The van der Waals surface area contributed by atoms with Crippen molar-refractivity contribution in [3.05, 3.63) is 18.2 Å². The maximum atomic E-state index is 11.7.